The number of allylic oxidation sites excluding steroid dienone is 1. The van der Waals surface area contributed by atoms with Crippen molar-refractivity contribution < 1.29 is 48.0 Å². The first kappa shape index (κ1) is 45.9. The number of aliphatic hydroxyl groups is 1. The molecule has 1 amide bonds. The summed E-state index contributed by atoms with van der Waals surface area (Å²) in [5.41, 5.74) is 5.30. The monoisotopic (exact) mass is 824 g/mol. The minimum Gasteiger partial charge on any atom is -0.458 e. The number of nitrogens with zero attached hydrogens (tertiary/aromatic N) is 5. The highest BCUT2D eigenvalue weighted by Gasteiger charge is 2.60. The zero-order valence-electron chi connectivity index (χ0n) is 36.4. The highest BCUT2D eigenvalue weighted by molar-refractivity contribution is 6.00. The van der Waals surface area contributed by atoms with E-state index in [2.05, 4.69) is 10.3 Å². The zero-order valence-corrected chi connectivity index (χ0v) is 36.4. The number of carbonyl (C=O) groups is 4. The number of esters is 1. The summed E-state index contributed by atoms with van der Waals surface area (Å²) in [6, 6.07) is 6.20. The van der Waals surface area contributed by atoms with Crippen molar-refractivity contribution in [3.8, 4) is 11.3 Å². The van der Waals surface area contributed by atoms with Crippen LogP contribution in [0.3, 0.4) is 0 Å². The number of aromatic nitrogens is 3. The molecule has 5 rings (SSSR count). The van der Waals surface area contributed by atoms with Crippen LogP contribution in [0.5, 0.6) is 0 Å². The molecule has 3 fully saturated rings. The van der Waals surface area contributed by atoms with Crippen LogP contribution in [-0.4, -0.2) is 135 Å². The number of carbonyl (C=O) groups excluding carboxylic acids is 4. The van der Waals surface area contributed by atoms with Gasteiger partial charge >= 0.3 is 12.1 Å². The normalized spacial score (nSPS) is 36.4. The number of Topliss-reactive ketones (excluding diaryl/α,β-unsaturated/α-hetero) is 2. The molecule has 3 aliphatic rings. The lowest BCUT2D eigenvalue weighted by atomic mass is 9.73. The second-order valence-electron chi connectivity index (χ2n) is 17.3. The van der Waals surface area contributed by atoms with Crippen molar-refractivity contribution >= 4 is 29.3 Å². The van der Waals surface area contributed by atoms with E-state index < -0.39 is 83.4 Å². The van der Waals surface area contributed by atoms with Gasteiger partial charge in [0.05, 0.1) is 36.6 Å². The number of hydrogen-bond donors (Lipinski definition) is 2. The molecule has 4 heterocycles. The molecule has 326 valence electrons. The molecule has 3 aliphatic heterocycles. The van der Waals surface area contributed by atoms with Crippen LogP contribution >= 0.6 is 0 Å². The molecule has 3 unspecified atom stereocenters. The minimum atomic E-state index is -1.45. The first-order chi connectivity index (χ1) is 27.8. The minimum absolute atomic E-state index is 0.0838. The highest BCUT2D eigenvalue weighted by atomic mass is 16.7. The summed E-state index contributed by atoms with van der Waals surface area (Å²) >= 11 is 0. The molecule has 0 radical (unpaired) electrons. The van der Waals surface area contributed by atoms with Crippen LogP contribution in [0.2, 0.25) is 0 Å². The number of ether oxygens (including phenoxy) is 5. The molecule has 0 bridgehead atoms. The van der Waals surface area contributed by atoms with Gasteiger partial charge in [0.1, 0.15) is 29.6 Å². The summed E-state index contributed by atoms with van der Waals surface area (Å²) in [5, 5.41) is 19.9. The standard InChI is InChI=1S/C43H64N6O10/c1-12-33-43(8)37(49(41(54)59-43)19-14-13-18-48-23-31(45-46-48)29-16-15-17-30(44)21-29)26(4)34(50)24(2)22-42(7,55-11)38(27(5)35(51)28(6)39(53)57-33)58-40-36(52)32(47(9)10)20-25(3)56-40/h13-17,21,23-28,32-33,36-38,40,52H,12,18-20,22,44H2,1-11H3/b14-13+/t24-,25?,26+,27+,28+,32?,33-,36?,37-,38-,40+,42-,43-/m1/s1. The summed E-state index contributed by atoms with van der Waals surface area (Å²) in [6.45, 7) is 14.2. The van der Waals surface area contributed by atoms with Gasteiger partial charge in [-0.3, -0.25) is 19.3 Å². The number of aliphatic hydroxyl groups excluding tert-OH is 1. The number of benzene rings is 1. The maximum absolute atomic E-state index is 14.7. The molecule has 16 nitrogen and oxygen atoms in total. The van der Waals surface area contributed by atoms with Gasteiger partial charge in [-0.25, -0.2) is 9.48 Å². The maximum Gasteiger partial charge on any atom is 0.411 e. The van der Waals surface area contributed by atoms with Crippen molar-refractivity contribution in [2.45, 2.75) is 135 Å². The number of anilines is 1. The Kier molecular flexibility index (Phi) is 14.4. The lowest BCUT2D eigenvalue weighted by Gasteiger charge is -2.47. The molecule has 0 aliphatic carbocycles. The van der Waals surface area contributed by atoms with Gasteiger partial charge in [0, 0.05) is 48.7 Å². The summed E-state index contributed by atoms with van der Waals surface area (Å²) in [7, 11) is 5.21. The fourth-order valence-electron chi connectivity index (χ4n) is 9.26. The Balaban J connectivity index is 1.46. The van der Waals surface area contributed by atoms with Crippen LogP contribution in [0.1, 0.15) is 74.7 Å². The average molecular weight is 825 g/mol. The topological polar surface area (TPSA) is 198 Å². The molecule has 1 aromatic heterocycles. The number of likely N-dealkylation sites (N-methyl/N-ethyl adjacent to an activating group) is 1. The summed E-state index contributed by atoms with van der Waals surface area (Å²) in [6.07, 6.45) is 1.14. The lowest BCUT2D eigenvalue weighted by Crippen LogP contribution is -2.60. The molecule has 3 saturated heterocycles. The van der Waals surface area contributed by atoms with Gasteiger partial charge in [0.15, 0.2) is 17.7 Å². The maximum atomic E-state index is 14.7. The molecule has 3 N–H and O–H groups in total. The first-order valence-corrected chi connectivity index (χ1v) is 20.6. The van der Waals surface area contributed by atoms with Crippen molar-refractivity contribution in [2.75, 3.05) is 33.5 Å². The van der Waals surface area contributed by atoms with Crippen LogP contribution in [0.15, 0.2) is 42.6 Å². The van der Waals surface area contributed by atoms with E-state index in [4.69, 9.17) is 29.4 Å². The predicted octanol–water partition coefficient (Wildman–Crippen LogP) is 4.29. The van der Waals surface area contributed by atoms with E-state index in [1.165, 1.54) is 18.9 Å². The Morgan fingerprint density at radius 1 is 1.03 bits per heavy atom. The van der Waals surface area contributed by atoms with Crippen molar-refractivity contribution in [3.63, 3.8) is 0 Å². The lowest BCUT2D eigenvalue weighted by molar-refractivity contribution is -0.295. The molecule has 0 saturated carbocycles. The molecule has 2 aromatic rings. The predicted molar refractivity (Wildman–Crippen MR) is 219 cm³/mol. The Hall–Kier alpha value is -4.22. The molecule has 1 aromatic carbocycles. The van der Waals surface area contributed by atoms with Crippen LogP contribution in [0, 0.1) is 23.7 Å². The van der Waals surface area contributed by atoms with Gasteiger partial charge in [-0.2, -0.15) is 0 Å². The Bertz CT molecular complexity index is 1850. The molecule has 13 atom stereocenters. The van der Waals surface area contributed by atoms with Gasteiger partial charge < -0.3 is 39.4 Å². The van der Waals surface area contributed by atoms with Crippen LogP contribution < -0.4 is 5.73 Å². The largest absolute Gasteiger partial charge is 0.458 e. The quantitative estimate of drug-likeness (QED) is 0.149. The molecular weight excluding hydrogens is 761 g/mol. The van der Waals surface area contributed by atoms with Gasteiger partial charge in [-0.15, -0.1) is 5.10 Å². The van der Waals surface area contributed by atoms with Gasteiger partial charge in [-0.1, -0.05) is 57.2 Å². The second kappa shape index (κ2) is 18.6. The third-order valence-electron chi connectivity index (χ3n) is 12.6. The number of methoxy groups -OCH3 is 1. The summed E-state index contributed by atoms with van der Waals surface area (Å²) in [5.74, 6) is -5.15. The number of nitrogen functional groups attached to an aromatic ring is 1. The van der Waals surface area contributed by atoms with Gasteiger partial charge in [0.2, 0.25) is 0 Å². The molecule has 0 spiro atoms. The van der Waals surface area contributed by atoms with Crippen LogP contribution in [0.25, 0.3) is 11.3 Å². The number of rotatable bonds is 10. The van der Waals surface area contributed by atoms with E-state index in [1.807, 2.05) is 50.2 Å². The van der Waals surface area contributed by atoms with Crippen LogP contribution in [0.4, 0.5) is 10.5 Å². The molecule has 59 heavy (non-hydrogen) atoms. The average Bonchev–Trinajstić information content (AvgIpc) is 3.77. The van der Waals surface area contributed by atoms with Crippen molar-refractivity contribution in [1.29, 1.82) is 0 Å². The second-order valence-corrected chi connectivity index (χ2v) is 17.3. The fraction of sp³-hybridized carbons (Fsp3) is 0.674. The van der Waals surface area contributed by atoms with Gasteiger partial charge in [0.25, 0.3) is 0 Å². The third-order valence-corrected chi connectivity index (χ3v) is 12.6. The van der Waals surface area contributed by atoms with E-state index >= 15 is 0 Å². The van der Waals surface area contributed by atoms with E-state index in [0.717, 1.165) is 5.56 Å². The number of cyclic esters (lactones) is 1. The number of ketones is 2. The fourth-order valence-corrected chi connectivity index (χ4v) is 9.26. The smallest absolute Gasteiger partial charge is 0.411 e. The summed E-state index contributed by atoms with van der Waals surface area (Å²) in [4.78, 5) is 60.2. The van der Waals surface area contributed by atoms with E-state index in [-0.39, 0.29) is 37.3 Å². The third kappa shape index (κ3) is 9.57. The van der Waals surface area contributed by atoms with E-state index in [9.17, 15) is 24.3 Å². The number of amides is 1. The van der Waals surface area contributed by atoms with Crippen LogP contribution in [-0.2, 0) is 44.6 Å². The zero-order chi connectivity index (χ0) is 43.6. The SMILES string of the molecule is CC[C@H]1OC(=O)[C@@H](C)C(=O)[C@H](C)[C@@H](O[C@@H]2OC(C)CC(N(C)C)C2O)[C@](C)(OC)C[C@@H](C)C(=O)[C@H](C)[C@H]2N(C/C=C/Cn3cc(-c4cccc(N)c4)nn3)C(=O)O[C@]12C. The Labute approximate surface area is 347 Å². The van der Waals surface area contributed by atoms with E-state index in [0.29, 0.717) is 24.3 Å². The van der Waals surface area contributed by atoms with Crippen molar-refractivity contribution in [2.24, 2.45) is 23.7 Å². The van der Waals surface area contributed by atoms with Crippen molar-refractivity contribution in [1.82, 2.24) is 24.8 Å². The Morgan fingerprint density at radius 2 is 1.73 bits per heavy atom. The number of fused-ring (bicyclic) bond motifs is 1. The van der Waals surface area contributed by atoms with Crippen molar-refractivity contribution in [3.05, 3.63) is 42.6 Å². The molecule has 16 heteroatoms. The number of nitrogens with two attached hydrogens (primary N) is 1. The van der Waals surface area contributed by atoms with Gasteiger partial charge in [-0.05, 0) is 73.2 Å². The number of hydrogen-bond acceptors (Lipinski definition) is 14. The highest BCUT2D eigenvalue weighted by Crippen LogP contribution is 2.43. The molecular formula is C43H64N6O10. The Morgan fingerprint density at radius 3 is 2.37 bits per heavy atom. The first-order valence-electron chi connectivity index (χ1n) is 20.6. The van der Waals surface area contributed by atoms with E-state index in [1.54, 1.807) is 64.6 Å². The summed E-state index contributed by atoms with van der Waals surface area (Å²) < 4.78 is 32.8.